The van der Waals surface area contributed by atoms with Crippen LogP contribution in [0.4, 0.5) is 15.3 Å². The fourth-order valence-corrected chi connectivity index (χ4v) is 4.94. The number of nitrogens with one attached hydrogen (secondary N) is 2. The summed E-state index contributed by atoms with van der Waals surface area (Å²) in [5, 5.41) is 6.27. The molecule has 2 N–H and O–H groups in total. The van der Waals surface area contributed by atoms with Crippen molar-refractivity contribution in [3.63, 3.8) is 0 Å². The zero-order chi connectivity index (χ0) is 31.4. The number of anilines is 1. The van der Waals surface area contributed by atoms with Crippen LogP contribution in [0.3, 0.4) is 0 Å². The SMILES string of the molecule is CNC(=O)c1cc2ccc(Oc3ccc(N(Cl)C(=O)NC4CC4)cc3)nc2cc1OCC1CCN(C(=O)OC(C)(C)C)CC1. The normalized spacial score (nSPS) is 15.4. The fourth-order valence-electron chi connectivity index (χ4n) is 4.78. The van der Waals surface area contributed by atoms with Crippen molar-refractivity contribution in [2.45, 2.75) is 58.1 Å². The van der Waals surface area contributed by atoms with Gasteiger partial charge in [-0.15, -0.1) is 0 Å². The van der Waals surface area contributed by atoms with Crippen molar-refractivity contribution in [2.24, 2.45) is 5.92 Å². The highest BCUT2D eigenvalue weighted by molar-refractivity contribution is 6.36. The molecule has 0 unspecified atom stereocenters. The molecule has 0 atom stereocenters. The molecule has 3 aromatic rings. The predicted octanol–water partition coefficient (Wildman–Crippen LogP) is 6.24. The molecule has 12 heteroatoms. The number of urea groups is 1. The van der Waals surface area contributed by atoms with Gasteiger partial charge in [-0.25, -0.2) is 19.0 Å². The van der Waals surface area contributed by atoms with E-state index in [0.29, 0.717) is 53.8 Å². The first-order valence-electron chi connectivity index (χ1n) is 14.8. The van der Waals surface area contributed by atoms with Gasteiger partial charge in [-0.1, -0.05) is 0 Å². The van der Waals surface area contributed by atoms with Crippen LogP contribution in [0.1, 0.15) is 56.8 Å². The van der Waals surface area contributed by atoms with Gasteiger partial charge in [0.25, 0.3) is 5.91 Å². The second-order valence-corrected chi connectivity index (χ2v) is 12.4. The van der Waals surface area contributed by atoms with Gasteiger partial charge in [0, 0.05) is 55.5 Å². The van der Waals surface area contributed by atoms with Crippen molar-refractivity contribution in [1.82, 2.24) is 20.5 Å². The van der Waals surface area contributed by atoms with Crippen molar-refractivity contribution in [3.8, 4) is 17.4 Å². The van der Waals surface area contributed by atoms with Crippen molar-refractivity contribution in [1.29, 1.82) is 0 Å². The van der Waals surface area contributed by atoms with Crippen LogP contribution in [0, 0.1) is 5.92 Å². The number of benzene rings is 2. The van der Waals surface area contributed by atoms with Crippen molar-refractivity contribution in [3.05, 3.63) is 54.1 Å². The number of hydrogen-bond acceptors (Lipinski definition) is 7. The number of pyridine rings is 1. The maximum Gasteiger partial charge on any atom is 0.410 e. The monoisotopic (exact) mass is 623 g/mol. The molecule has 0 bridgehead atoms. The van der Waals surface area contributed by atoms with Crippen molar-refractivity contribution >= 4 is 46.4 Å². The molecule has 2 fully saturated rings. The van der Waals surface area contributed by atoms with Crippen LogP contribution in [0.5, 0.6) is 17.4 Å². The van der Waals surface area contributed by atoms with E-state index in [1.807, 2.05) is 26.8 Å². The number of hydrogen-bond donors (Lipinski definition) is 2. The van der Waals surface area contributed by atoms with E-state index < -0.39 is 5.60 Å². The minimum absolute atomic E-state index is 0.202. The molecule has 1 saturated heterocycles. The number of amides is 4. The lowest BCUT2D eigenvalue weighted by molar-refractivity contribution is 0.0164. The van der Waals surface area contributed by atoms with E-state index in [1.54, 1.807) is 54.4 Å². The Morgan fingerprint density at radius 3 is 2.36 bits per heavy atom. The highest BCUT2D eigenvalue weighted by Crippen LogP contribution is 2.31. The number of halogens is 1. The number of nitrogens with zero attached hydrogens (tertiary/aromatic N) is 3. The van der Waals surface area contributed by atoms with Gasteiger partial charge in [0.05, 0.1) is 23.4 Å². The average molecular weight is 624 g/mol. The minimum atomic E-state index is -0.534. The Morgan fingerprint density at radius 2 is 1.73 bits per heavy atom. The Labute approximate surface area is 261 Å². The zero-order valence-corrected chi connectivity index (χ0v) is 26.1. The van der Waals surface area contributed by atoms with E-state index in [4.69, 9.17) is 26.0 Å². The van der Waals surface area contributed by atoms with Crippen LogP contribution in [-0.2, 0) is 4.74 Å². The van der Waals surface area contributed by atoms with E-state index in [-0.39, 0.29) is 30.0 Å². The van der Waals surface area contributed by atoms with Crippen LogP contribution < -0.4 is 24.5 Å². The summed E-state index contributed by atoms with van der Waals surface area (Å²) in [5.41, 5.74) is 0.995. The van der Waals surface area contributed by atoms with E-state index in [1.165, 1.54) is 0 Å². The Balaban J connectivity index is 1.24. The summed E-state index contributed by atoms with van der Waals surface area (Å²) in [5.74, 6) is 1.25. The topological polar surface area (TPSA) is 122 Å². The van der Waals surface area contributed by atoms with Crippen molar-refractivity contribution in [2.75, 3.05) is 31.2 Å². The Morgan fingerprint density at radius 1 is 1.02 bits per heavy atom. The second kappa shape index (κ2) is 13.2. The molecule has 2 aliphatic rings. The van der Waals surface area contributed by atoms with Crippen LogP contribution >= 0.6 is 11.8 Å². The largest absolute Gasteiger partial charge is 0.492 e. The van der Waals surface area contributed by atoms with Crippen LogP contribution in [0.25, 0.3) is 10.9 Å². The maximum absolute atomic E-state index is 12.7. The molecule has 11 nitrogen and oxygen atoms in total. The minimum Gasteiger partial charge on any atom is -0.492 e. The third-order valence-corrected chi connectivity index (χ3v) is 7.70. The summed E-state index contributed by atoms with van der Waals surface area (Å²) < 4.78 is 18.7. The molecule has 234 valence electrons. The third kappa shape index (κ3) is 8.02. The smallest absolute Gasteiger partial charge is 0.410 e. The average Bonchev–Trinajstić information content (AvgIpc) is 3.82. The fraction of sp³-hybridized carbons (Fsp3) is 0.438. The summed E-state index contributed by atoms with van der Waals surface area (Å²) in [4.78, 5) is 43.7. The number of rotatable bonds is 8. The van der Waals surface area contributed by atoms with Gasteiger partial charge in [-0.05, 0) is 88.8 Å². The molecule has 2 aromatic carbocycles. The summed E-state index contributed by atoms with van der Waals surface area (Å²) in [6, 6.07) is 13.7. The third-order valence-electron chi connectivity index (χ3n) is 7.35. The first-order chi connectivity index (χ1) is 21.0. The quantitative estimate of drug-likeness (QED) is 0.285. The first-order valence-corrected chi connectivity index (χ1v) is 15.1. The van der Waals surface area contributed by atoms with Crippen LogP contribution in [0.15, 0.2) is 48.5 Å². The number of piperidine rings is 1. The summed E-state index contributed by atoms with van der Waals surface area (Å²) >= 11 is 6.19. The lowest BCUT2D eigenvalue weighted by atomic mass is 9.98. The summed E-state index contributed by atoms with van der Waals surface area (Å²) in [7, 11) is 1.58. The molecular weight excluding hydrogens is 586 g/mol. The molecule has 0 radical (unpaired) electrons. The Bertz CT molecular complexity index is 1510. The van der Waals surface area contributed by atoms with E-state index in [2.05, 4.69) is 15.6 Å². The van der Waals surface area contributed by atoms with Gasteiger partial charge in [0.15, 0.2) is 0 Å². The summed E-state index contributed by atoms with van der Waals surface area (Å²) in [6.45, 7) is 7.14. The Hall–Kier alpha value is -4.25. The molecule has 4 amide bonds. The molecule has 5 rings (SSSR count). The number of likely N-dealkylation sites (tertiary alicyclic amines) is 1. The second-order valence-electron chi connectivity index (χ2n) is 12.1. The van der Waals surface area contributed by atoms with E-state index in [9.17, 15) is 14.4 Å². The van der Waals surface area contributed by atoms with Crippen molar-refractivity contribution < 1.29 is 28.6 Å². The molecule has 1 saturated carbocycles. The zero-order valence-electron chi connectivity index (χ0n) is 25.4. The lowest BCUT2D eigenvalue weighted by Crippen LogP contribution is -2.42. The predicted molar refractivity (Wildman–Crippen MR) is 168 cm³/mol. The molecule has 1 aliphatic heterocycles. The number of aromatic nitrogens is 1. The standard InChI is InChI=1S/C32H38ClN5O6/c1-32(2,3)44-31(41)37-15-13-20(14-16-37)19-42-27-18-26-21(17-25(27)29(39)34-4)5-12-28(36-26)43-24-10-8-23(9-11-24)38(33)30(40)35-22-6-7-22/h5,8-12,17-18,20,22H,6-7,13-16,19H2,1-4H3,(H,34,39)(H,35,40). The van der Waals surface area contributed by atoms with E-state index in [0.717, 1.165) is 35.5 Å². The number of ether oxygens (including phenoxy) is 3. The van der Waals surface area contributed by atoms with Gasteiger partial charge >= 0.3 is 12.1 Å². The van der Waals surface area contributed by atoms with Crippen LogP contribution in [0.2, 0.25) is 0 Å². The Kier molecular flexibility index (Phi) is 9.33. The molecule has 1 aromatic heterocycles. The first kappa shape index (κ1) is 31.2. The molecule has 0 spiro atoms. The molecular formula is C32H38ClN5O6. The molecule has 44 heavy (non-hydrogen) atoms. The van der Waals surface area contributed by atoms with Gasteiger partial charge < -0.3 is 29.7 Å². The highest BCUT2D eigenvalue weighted by atomic mass is 35.5. The van der Waals surface area contributed by atoms with E-state index >= 15 is 0 Å². The van der Waals surface area contributed by atoms with Gasteiger partial charge in [-0.3, -0.25) is 4.79 Å². The maximum atomic E-state index is 12.7. The van der Waals surface area contributed by atoms with Gasteiger partial charge in [0.2, 0.25) is 5.88 Å². The summed E-state index contributed by atoms with van der Waals surface area (Å²) in [6.07, 6.45) is 3.18. The number of fused-ring (bicyclic) bond motifs is 1. The van der Waals surface area contributed by atoms with Gasteiger partial charge in [-0.2, -0.15) is 0 Å². The molecule has 2 heterocycles. The highest BCUT2D eigenvalue weighted by Gasteiger charge is 2.28. The molecule has 1 aliphatic carbocycles. The number of carbonyl (C=O) groups excluding carboxylic acids is 3. The van der Waals surface area contributed by atoms with Crippen LogP contribution in [-0.4, -0.2) is 66.3 Å². The number of carbonyl (C=O) groups is 3. The lowest BCUT2D eigenvalue weighted by Gasteiger charge is -2.33. The van der Waals surface area contributed by atoms with Gasteiger partial charge in [0.1, 0.15) is 17.1 Å².